The van der Waals surface area contributed by atoms with E-state index >= 15 is 0 Å². The molecule has 0 aromatic carbocycles. The number of rotatable bonds is 3. The van der Waals surface area contributed by atoms with Gasteiger partial charge in [-0.1, -0.05) is 6.07 Å². The lowest BCUT2D eigenvalue weighted by Gasteiger charge is -2.22. The van der Waals surface area contributed by atoms with Crippen LogP contribution in [0, 0.1) is 11.3 Å². The number of sulfonamides is 1. The summed E-state index contributed by atoms with van der Waals surface area (Å²) in [6.45, 7) is 1.35. The van der Waals surface area contributed by atoms with Gasteiger partial charge in [-0.2, -0.15) is 5.26 Å². The highest BCUT2D eigenvalue weighted by Crippen LogP contribution is 2.22. The Hall–Kier alpha value is -1.65. The first-order chi connectivity index (χ1) is 8.91. The van der Waals surface area contributed by atoms with Crippen molar-refractivity contribution in [1.82, 2.24) is 9.29 Å². The highest BCUT2D eigenvalue weighted by molar-refractivity contribution is 7.88. The Labute approximate surface area is 113 Å². The summed E-state index contributed by atoms with van der Waals surface area (Å²) in [5, 5.41) is 8.83. The second-order valence-corrected chi connectivity index (χ2v) is 6.70. The van der Waals surface area contributed by atoms with Gasteiger partial charge in [-0.05, 0) is 18.6 Å². The molecule has 2 rings (SSSR count). The summed E-state index contributed by atoms with van der Waals surface area (Å²) in [4.78, 5) is 6.23. The van der Waals surface area contributed by atoms with Crippen LogP contribution >= 0.6 is 0 Å². The average molecular weight is 280 g/mol. The molecule has 1 aromatic heterocycles. The Balaban J connectivity index is 2.12. The third-order valence-corrected chi connectivity index (χ3v) is 4.72. The average Bonchev–Trinajstić information content (AvgIpc) is 2.86. The molecule has 1 unspecified atom stereocenters. The number of nitrogens with zero attached hydrogens (tertiary/aromatic N) is 4. The maximum Gasteiger partial charge on any atom is 0.211 e. The van der Waals surface area contributed by atoms with Gasteiger partial charge in [0.1, 0.15) is 17.6 Å². The summed E-state index contributed by atoms with van der Waals surface area (Å²) in [7, 11) is -1.57. The number of pyridine rings is 1. The lowest BCUT2D eigenvalue weighted by atomic mass is 10.3. The molecule has 1 atom stereocenters. The van der Waals surface area contributed by atoms with Gasteiger partial charge in [0.2, 0.25) is 10.0 Å². The molecule has 1 saturated heterocycles. The molecule has 0 N–H and O–H groups in total. The van der Waals surface area contributed by atoms with Crippen molar-refractivity contribution in [3.8, 4) is 6.07 Å². The number of likely N-dealkylation sites (N-methyl/N-ethyl adjacent to an activating group) is 1. The van der Waals surface area contributed by atoms with E-state index in [9.17, 15) is 8.42 Å². The molecule has 1 fully saturated rings. The molecule has 1 aliphatic heterocycles. The van der Waals surface area contributed by atoms with Crippen LogP contribution in [0.1, 0.15) is 12.1 Å². The number of nitriles is 1. The van der Waals surface area contributed by atoms with Gasteiger partial charge in [-0.15, -0.1) is 0 Å². The second-order valence-electron chi connectivity index (χ2n) is 4.66. The van der Waals surface area contributed by atoms with Gasteiger partial charge in [-0.25, -0.2) is 17.7 Å². The Bertz CT molecular complexity index is 608. The minimum Gasteiger partial charge on any atom is -0.355 e. The highest BCUT2D eigenvalue weighted by atomic mass is 32.2. The van der Waals surface area contributed by atoms with E-state index in [4.69, 9.17) is 5.26 Å². The van der Waals surface area contributed by atoms with Crippen molar-refractivity contribution in [2.45, 2.75) is 12.5 Å². The zero-order valence-corrected chi connectivity index (χ0v) is 11.8. The van der Waals surface area contributed by atoms with E-state index in [2.05, 4.69) is 4.98 Å². The van der Waals surface area contributed by atoms with Crippen molar-refractivity contribution >= 4 is 15.8 Å². The van der Waals surface area contributed by atoms with Crippen LogP contribution in [-0.2, 0) is 10.0 Å². The minimum atomic E-state index is -3.17. The maximum absolute atomic E-state index is 11.5. The zero-order valence-electron chi connectivity index (χ0n) is 10.9. The number of hydrogen-bond acceptors (Lipinski definition) is 5. The molecule has 102 valence electrons. The molecule has 6 nitrogen and oxygen atoms in total. The quantitative estimate of drug-likeness (QED) is 0.802. The zero-order chi connectivity index (χ0) is 14.0. The van der Waals surface area contributed by atoms with Crippen LogP contribution in [0.2, 0.25) is 0 Å². The van der Waals surface area contributed by atoms with Crippen molar-refractivity contribution in [2.75, 3.05) is 31.3 Å². The van der Waals surface area contributed by atoms with Crippen LogP contribution in [0.25, 0.3) is 0 Å². The molecular formula is C12H16N4O2S. The van der Waals surface area contributed by atoms with E-state index in [0.717, 1.165) is 18.8 Å². The van der Waals surface area contributed by atoms with E-state index in [1.807, 2.05) is 17.0 Å². The molecule has 2 heterocycles. The Kier molecular flexibility index (Phi) is 3.73. The molecule has 7 heteroatoms. The predicted molar refractivity (Wildman–Crippen MR) is 72.2 cm³/mol. The first kappa shape index (κ1) is 13.8. The smallest absolute Gasteiger partial charge is 0.211 e. The Morgan fingerprint density at radius 2 is 2.26 bits per heavy atom. The maximum atomic E-state index is 11.5. The van der Waals surface area contributed by atoms with Crippen molar-refractivity contribution in [2.24, 2.45) is 0 Å². The van der Waals surface area contributed by atoms with Crippen LogP contribution in [0.15, 0.2) is 18.2 Å². The van der Waals surface area contributed by atoms with E-state index in [1.54, 1.807) is 19.2 Å². The van der Waals surface area contributed by atoms with Crippen LogP contribution in [-0.4, -0.2) is 50.1 Å². The number of hydrogen-bond donors (Lipinski definition) is 0. The summed E-state index contributed by atoms with van der Waals surface area (Å²) < 4.78 is 24.4. The van der Waals surface area contributed by atoms with Crippen LogP contribution in [0.5, 0.6) is 0 Å². The predicted octanol–water partition coefficient (Wildman–Crippen LogP) is 0.423. The molecule has 0 amide bonds. The van der Waals surface area contributed by atoms with Crippen molar-refractivity contribution in [3.05, 3.63) is 23.9 Å². The fourth-order valence-electron chi connectivity index (χ4n) is 2.18. The summed E-state index contributed by atoms with van der Waals surface area (Å²) in [5.74, 6) is 0.725. The molecular weight excluding hydrogens is 264 g/mol. The van der Waals surface area contributed by atoms with Crippen LogP contribution in [0.3, 0.4) is 0 Å². The van der Waals surface area contributed by atoms with Crippen LogP contribution in [0.4, 0.5) is 5.82 Å². The molecule has 0 spiro atoms. The fourth-order valence-corrected chi connectivity index (χ4v) is 2.89. The molecule has 1 aliphatic rings. The van der Waals surface area contributed by atoms with Gasteiger partial charge >= 0.3 is 0 Å². The third-order valence-electron chi connectivity index (χ3n) is 3.37. The van der Waals surface area contributed by atoms with E-state index < -0.39 is 10.0 Å². The molecule has 1 aromatic rings. The van der Waals surface area contributed by atoms with Crippen molar-refractivity contribution in [3.63, 3.8) is 0 Å². The molecule has 0 aliphatic carbocycles. The monoisotopic (exact) mass is 280 g/mol. The molecule has 0 saturated carbocycles. The van der Waals surface area contributed by atoms with E-state index in [0.29, 0.717) is 12.2 Å². The molecule has 0 bridgehead atoms. The Morgan fingerprint density at radius 1 is 1.53 bits per heavy atom. The first-order valence-corrected chi connectivity index (χ1v) is 7.82. The van der Waals surface area contributed by atoms with E-state index in [1.165, 1.54) is 10.6 Å². The SMILES string of the molecule is CN(C1CCN(c2cccc(C#N)n2)C1)S(C)(=O)=O. The minimum absolute atomic E-state index is 0.0393. The highest BCUT2D eigenvalue weighted by Gasteiger charge is 2.30. The van der Waals surface area contributed by atoms with Crippen LogP contribution < -0.4 is 4.90 Å². The van der Waals surface area contributed by atoms with Gasteiger partial charge in [0.25, 0.3) is 0 Å². The Morgan fingerprint density at radius 3 is 2.89 bits per heavy atom. The molecule has 19 heavy (non-hydrogen) atoms. The van der Waals surface area contributed by atoms with Gasteiger partial charge in [0.15, 0.2) is 0 Å². The number of aromatic nitrogens is 1. The van der Waals surface area contributed by atoms with E-state index in [-0.39, 0.29) is 6.04 Å². The van der Waals surface area contributed by atoms with Gasteiger partial charge in [-0.3, -0.25) is 0 Å². The number of anilines is 1. The normalized spacial score (nSPS) is 19.7. The van der Waals surface area contributed by atoms with Crippen molar-refractivity contribution < 1.29 is 8.42 Å². The summed E-state index contributed by atoms with van der Waals surface area (Å²) in [5.41, 5.74) is 0.373. The summed E-state index contributed by atoms with van der Waals surface area (Å²) >= 11 is 0. The topological polar surface area (TPSA) is 77.3 Å². The van der Waals surface area contributed by atoms with Gasteiger partial charge in [0, 0.05) is 26.2 Å². The fraction of sp³-hybridized carbons (Fsp3) is 0.500. The second kappa shape index (κ2) is 5.15. The standard InChI is InChI=1S/C12H16N4O2S/c1-15(19(2,17)18)11-6-7-16(9-11)12-5-3-4-10(8-13)14-12/h3-5,11H,6-7,9H2,1-2H3. The summed E-state index contributed by atoms with van der Waals surface area (Å²) in [6.07, 6.45) is 1.98. The van der Waals surface area contributed by atoms with Gasteiger partial charge < -0.3 is 4.90 Å². The largest absolute Gasteiger partial charge is 0.355 e. The lowest BCUT2D eigenvalue weighted by Crippen LogP contribution is -2.38. The molecule has 0 radical (unpaired) electrons. The summed E-state index contributed by atoms with van der Waals surface area (Å²) in [6, 6.07) is 7.24. The lowest BCUT2D eigenvalue weighted by molar-refractivity contribution is 0.393. The first-order valence-electron chi connectivity index (χ1n) is 5.97. The van der Waals surface area contributed by atoms with Crippen molar-refractivity contribution in [1.29, 1.82) is 5.26 Å². The third kappa shape index (κ3) is 3.03. The van der Waals surface area contributed by atoms with Gasteiger partial charge in [0.05, 0.1) is 6.26 Å².